The Labute approximate surface area is 151 Å². The van der Waals surface area contributed by atoms with Gasteiger partial charge in [0.25, 0.3) is 0 Å². The number of thiol groups is 1. The van der Waals surface area contributed by atoms with Crippen LogP contribution >= 0.6 is 12.6 Å². The summed E-state index contributed by atoms with van der Waals surface area (Å²) in [5.41, 5.74) is 1.96. The monoisotopic (exact) mass is 357 g/mol. The fraction of sp³-hybridized carbons (Fsp3) is 0.158. The van der Waals surface area contributed by atoms with Gasteiger partial charge in [-0.25, -0.2) is 4.98 Å². The van der Waals surface area contributed by atoms with Gasteiger partial charge < -0.3 is 14.3 Å². The van der Waals surface area contributed by atoms with E-state index in [9.17, 15) is 4.79 Å². The van der Waals surface area contributed by atoms with E-state index >= 15 is 0 Å². The largest absolute Gasteiger partial charge is 0.496 e. The standard InChI is InChI=1S/C9H7NO.C7H6O.C3H6O2S/c1-2-4-8(5-3-1)9-6-11-7-10-9;1-8-7-4-5-2-3-6(5)7;1-2(6)3(4)5/h1-7H;2-4H,1H3;2,6H,1H3,(H,4,5). The van der Waals surface area contributed by atoms with E-state index < -0.39 is 11.2 Å². The lowest BCUT2D eigenvalue weighted by atomic mass is 10.1. The Balaban J connectivity index is 0.000000143. The first kappa shape index (κ1) is 18.6. The zero-order chi connectivity index (χ0) is 18.2. The lowest BCUT2D eigenvalue weighted by molar-refractivity contribution is -0.136. The van der Waals surface area contributed by atoms with Gasteiger partial charge in [0.15, 0.2) is 6.39 Å². The van der Waals surface area contributed by atoms with Gasteiger partial charge in [-0.05, 0) is 18.2 Å². The van der Waals surface area contributed by atoms with Crippen molar-refractivity contribution in [1.29, 1.82) is 0 Å². The Morgan fingerprint density at radius 2 is 1.92 bits per heavy atom. The van der Waals surface area contributed by atoms with E-state index in [1.54, 1.807) is 13.4 Å². The maximum absolute atomic E-state index is 9.62. The third-order valence-electron chi connectivity index (χ3n) is 3.37. The minimum atomic E-state index is -0.877. The van der Waals surface area contributed by atoms with Gasteiger partial charge in [0.1, 0.15) is 17.7 Å². The van der Waals surface area contributed by atoms with Crippen molar-refractivity contribution in [2.45, 2.75) is 12.2 Å². The third kappa shape index (κ3) is 5.12. The predicted octanol–water partition coefficient (Wildman–Crippen LogP) is 4.03. The highest BCUT2D eigenvalue weighted by Gasteiger charge is 2.03. The molecule has 130 valence electrons. The summed E-state index contributed by atoms with van der Waals surface area (Å²) in [6.07, 6.45) is 3.07. The van der Waals surface area contributed by atoms with Crippen molar-refractivity contribution in [1.82, 2.24) is 4.98 Å². The highest BCUT2D eigenvalue weighted by atomic mass is 32.1. The van der Waals surface area contributed by atoms with Crippen LogP contribution in [-0.2, 0) is 4.79 Å². The average molecular weight is 357 g/mol. The summed E-state index contributed by atoms with van der Waals surface area (Å²) in [5.74, 6) is 0.154. The topological polar surface area (TPSA) is 72.6 Å². The van der Waals surface area contributed by atoms with Crippen LogP contribution in [0.25, 0.3) is 11.3 Å². The molecule has 2 aliphatic rings. The zero-order valence-electron chi connectivity index (χ0n) is 13.9. The molecule has 2 aromatic rings. The highest BCUT2D eigenvalue weighted by molar-refractivity contribution is 7.81. The number of hydrogen-bond acceptors (Lipinski definition) is 5. The molecule has 2 aliphatic carbocycles. The number of nitrogens with zero attached hydrogens (tertiary/aromatic N) is 1. The van der Waals surface area contributed by atoms with Gasteiger partial charge in [0.2, 0.25) is 0 Å². The van der Waals surface area contributed by atoms with Crippen molar-refractivity contribution in [2.75, 3.05) is 7.11 Å². The number of aliphatic carboxylic acids is 1. The number of oxazole rings is 1. The Morgan fingerprint density at radius 1 is 1.24 bits per heavy atom. The van der Waals surface area contributed by atoms with Crippen LogP contribution in [0.1, 0.15) is 6.92 Å². The van der Waals surface area contributed by atoms with Gasteiger partial charge in [-0.1, -0.05) is 42.5 Å². The molecule has 0 saturated carbocycles. The molecular weight excluding hydrogens is 338 g/mol. The fourth-order valence-corrected chi connectivity index (χ4v) is 1.89. The van der Waals surface area contributed by atoms with Gasteiger partial charge >= 0.3 is 5.97 Å². The van der Waals surface area contributed by atoms with Crippen molar-refractivity contribution in [3.8, 4) is 17.0 Å². The van der Waals surface area contributed by atoms with Crippen LogP contribution in [0.5, 0.6) is 5.75 Å². The van der Waals surface area contributed by atoms with Crippen LogP contribution in [-0.4, -0.2) is 28.4 Å². The zero-order valence-corrected chi connectivity index (χ0v) is 14.8. The first-order chi connectivity index (χ1) is 12.0. The SMILES string of the molecule is CC(S)C(=O)O.COc1cc2ccc1=2.c1ccc(-c2cocn2)cc1. The number of rotatable bonds is 3. The van der Waals surface area contributed by atoms with Crippen LogP contribution < -0.4 is 4.74 Å². The summed E-state index contributed by atoms with van der Waals surface area (Å²) in [6.45, 7) is 1.51. The predicted molar refractivity (Wildman–Crippen MR) is 98.7 cm³/mol. The van der Waals surface area contributed by atoms with E-state index in [1.807, 2.05) is 36.4 Å². The van der Waals surface area contributed by atoms with Crippen LogP contribution in [0, 0.1) is 10.4 Å². The van der Waals surface area contributed by atoms with Gasteiger partial charge in [0, 0.05) is 10.8 Å². The molecule has 1 aromatic heterocycles. The van der Waals surface area contributed by atoms with Crippen LogP contribution in [0.2, 0.25) is 0 Å². The molecule has 0 bridgehead atoms. The van der Waals surface area contributed by atoms with Crippen molar-refractivity contribution < 1.29 is 19.1 Å². The van der Waals surface area contributed by atoms with Gasteiger partial charge in [-0.2, -0.15) is 12.6 Å². The Hall–Kier alpha value is -2.73. The minimum absolute atomic E-state index is 0.537. The maximum Gasteiger partial charge on any atom is 0.316 e. The summed E-state index contributed by atoms with van der Waals surface area (Å²) in [6, 6.07) is 16.1. The summed E-state index contributed by atoms with van der Waals surface area (Å²) < 4.78 is 9.83. The average Bonchev–Trinajstić information content (AvgIpc) is 3.14. The second-order valence-electron chi connectivity index (χ2n) is 5.17. The first-order valence-corrected chi connectivity index (χ1v) is 8.07. The molecule has 0 saturated heterocycles. The number of aromatic nitrogens is 1. The molecule has 1 heterocycles. The van der Waals surface area contributed by atoms with Crippen molar-refractivity contribution >= 4 is 18.6 Å². The Bertz CT molecular complexity index is 893. The second-order valence-corrected chi connectivity index (χ2v) is 5.94. The molecule has 0 fully saturated rings. The van der Waals surface area contributed by atoms with Gasteiger partial charge in [0.05, 0.1) is 12.4 Å². The van der Waals surface area contributed by atoms with Gasteiger partial charge in [-0.15, -0.1) is 0 Å². The summed E-state index contributed by atoms with van der Waals surface area (Å²) in [7, 11) is 1.70. The molecular formula is C19H19NO4S. The molecule has 1 aromatic carbocycles. The van der Waals surface area contributed by atoms with Crippen molar-refractivity contribution in [3.63, 3.8) is 0 Å². The molecule has 0 amide bonds. The number of benzene rings is 2. The number of carboxylic acids is 1. The minimum Gasteiger partial charge on any atom is -0.496 e. The Kier molecular flexibility index (Phi) is 6.65. The molecule has 1 unspecified atom stereocenters. The summed E-state index contributed by atoms with van der Waals surface area (Å²) in [5, 5.41) is 10.00. The summed E-state index contributed by atoms with van der Waals surface area (Å²) in [4.78, 5) is 13.6. The molecule has 0 spiro atoms. The second kappa shape index (κ2) is 8.94. The quantitative estimate of drug-likeness (QED) is 0.542. The lowest BCUT2D eigenvalue weighted by Crippen LogP contribution is -2.06. The van der Waals surface area contributed by atoms with E-state index in [4.69, 9.17) is 14.3 Å². The van der Waals surface area contributed by atoms with Crippen LogP contribution in [0.3, 0.4) is 0 Å². The molecule has 5 nitrogen and oxygen atoms in total. The van der Waals surface area contributed by atoms with E-state index in [1.165, 1.54) is 23.8 Å². The smallest absolute Gasteiger partial charge is 0.316 e. The number of carboxylic acid groups (broad SMARTS) is 1. The van der Waals surface area contributed by atoms with E-state index in [-0.39, 0.29) is 0 Å². The number of methoxy groups -OCH3 is 1. The molecule has 6 heteroatoms. The molecule has 4 rings (SSSR count). The highest BCUT2D eigenvalue weighted by Crippen LogP contribution is 2.22. The number of ether oxygens (including phenoxy) is 1. The third-order valence-corrected chi connectivity index (χ3v) is 3.59. The fourth-order valence-electron chi connectivity index (χ4n) is 1.89. The maximum atomic E-state index is 9.62. The molecule has 0 aliphatic heterocycles. The number of carbonyl (C=O) groups is 1. The van der Waals surface area contributed by atoms with E-state index in [0.717, 1.165) is 17.0 Å². The lowest BCUT2D eigenvalue weighted by Gasteiger charge is -2.08. The Morgan fingerprint density at radius 3 is 2.24 bits per heavy atom. The normalized spacial score (nSPS) is 11.2. The molecule has 1 N–H and O–H groups in total. The summed E-state index contributed by atoms with van der Waals surface area (Å²) >= 11 is 3.59. The van der Waals surface area contributed by atoms with Crippen LogP contribution in [0.15, 0.2) is 65.6 Å². The molecule has 0 radical (unpaired) electrons. The van der Waals surface area contributed by atoms with Gasteiger partial charge in [-0.3, -0.25) is 4.79 Å². The number of hydrogen-bond donors (Lipinski definition) is 2. The first-order valence-electron chi connectivity index (χ1n) is 7.55. The van der Waals surface area contributed by atoms with Crippen molar-refractivity contribution in [2.24, 2.45) is 0 Å². The molecule has 1 atom stereocenters. The van der Waals surface area contributed by atoms with E-state index in [0.29, 0.717) is 0 Å². The molecule has 25 heavy (non-hydrogen) atoms. The van der Waals surface area contributed by atoms with Crippen molar-refractivity contribution in [3.05, 3.63) is 71.6 Å². The van der Waals surface area contributed by atoms with Crippen LogP contribution in [0.4, 0.5) is 0 Å². The van der Waals surface area contributed by atoms with E-state index in [2.05, 4.69) is 29.7 Å².